The summed E-state index contributed by atoms with van der Waals surface area (Å²) >= 11 is 0. The zero-order valence-electron chi connectivity index (χ0n) is 13.9. The summed E-state index contributed by atoms with van der Waals surface area (Å²) in [6.45, 7) is -0.297. The predicted molar refractivity (Wildman–Crippen MR) is 89.0 cm³/mol. The van der Waals surface area contributed by atoms with Gasteiger partial charge in [-0.05, 0) is 18.2 Å². The molecule has 0 unspecified atom stereocenters. The van der Waals surface area contributed by atoms with Crippen LogP contribution in [0.25, 0.3) is 5.69 Å². The van der Waals surface area contributed by atoms with Gasteiger partial charge in [0.1, 0.15) is 11.4 Å². The van der Waals surface area contributed by atoms with Crippen LogP contribution in [0, 0.1) is 12.3 Å². The normalized spacial score (nSPS) is 13.7. The summed E-state index contributed by atoms with van der Waals surface area (Å²) in [5.74, 6) is 2.19. The van der Waals surface area contributed by atoms with Gasteiger partial charge >= 0.3 is 11.9 Å². The summed E-state index contributed by atoms with van der Waals surface area (Å²) < 4.78 is 45.1. The van der Waals surface area contributed by atoms with E-state index in [2.05, 4.69) is 5.92 Å². The van der Waals surface area contributed by atoms with Crippen molar-refractivity contribution in [3.63, 3.8) is 0 Å². The van der Waals surface area contributed by atoms with Crippen LogP contribution in [0.3, 0.4) is 0 Å². The van der Waals surface area contributed by atoms with Crippen LogP contribution in [0.4, 0.5) is 18.9 Å². The standard InChI is InChI=1S/C17H12F3N3O4/c1-3-6-22-11-7-10(4-5-12(11)27-9-15(22)25)23-14(24)8-13(17(18,19)20)21(2)16(23)26/h1,4-5,7-8H,6,9H2,2H3. The largest absolute Gasteiger partial charge is 0.482 e. The van der Waals surface area contributed by atoms with Crippen LogP contribution in [-0.4, -0.2) is 28.2 Å². The number of hydrogen-bond acceptors (Lipinski definition) is 4. The Morgan fingerprint density at radius 1 is 1.22 bits per heavy atom. The van der Waals surface area contributed by atoms with E-state index >= 15 is 0 Å². The van der Waals surface area contributed by atoms with Crippen LogP contribution in [0.2, 0.25) is 0 Å². The predicted octanol–water partition coefficient (Wildman–Crippen LogP) is 0.914. The fraction of sp³-hybridized carbons (Fsp3) is 0.235. The third-order valence-electron chi connectivity index (χ3n) is 4.00. The van der Waals surface area contributed by atoms with E-state index in [0.717, 1.165) is 7.05 Å². The molecule has 1 amide bonds. The van der Waals surface area contributed by atoms with Gasteiger partial charge in [0.25, 0.3) is 11.5 Å². The Bertz CT molecular complexity index is 1090. The molecule has 2 aromatic rings. The number of aromatic nitrogens is 2. The Hall–Kier alpha value is -3.48. The molecule has 2 heterocycles. The van der Waals surface area contributed by atoms with Gasteiger partial charge in [0.05, 0.1) is 17.9 Å². The van der Waals surface area contributed by atoms with Crippen LogP contribution < -0.4 is 20.9 Å². The van der Waals surface area contributed by atoms with Crippen LogP contribution in [0.5, 0.6) is 5.75 Å². The van der Waals surface area contributed by atoms with E-state index < -0.39 is 29.0 Å². The molecule has 1 aromatic carbocycles. The fourth-order valence-corrected chi connectivity index (χ4v) is 2.73. The molecule has 27 heavy (non-hydrogen) atoms. The molecule has 140 valence electrons. The van der Waals surface area contributed by atoms with Crippen molar-refractivity contribution >= 4 is 11.6 Å². The van der Waals surface area contributed by atoms with Crippen molar-refractivity contribution in [2.45, 2.75) is 6.18 Å². The number of fused-ring (bicyclic) bond motifs is 1. The first kappa shape index (κ1) is 18.3. The Balaban J connectivity index is 2.21. The summed E-state index contributed by atoms with van der Waals surface area (Å²) in [6.07, 6.45) is 0.398. The van der Waals surface area contributed by atoms with Gasteiger partial charge in [-0.25, -0.2) is 9.36 Å². The maximum Gasteiger partial charge on any atom is 0.431 e. The zero-order chi connectivity index (χ0) is 19.9. The molecule has 0 N–H and O–H groups in total. The second-order valence-corrected chi connectivity index (χ2v) is 5.67. The number of terminal acetylenes is 1. The number of ether oxygens (including phenoxy) is 1. The van der Waals surface area contributed by atoms with E-state index in [1.54, 1.807) is 0 Å². The van der Waals surface area contributed by atoms with E-state index in [-0.39, 0.29) is 24.5 Å². The minimum absolute atomic E-state index is 0.0200. The first-order chi connectivity index (χ1) is 12.6. The number of alkyl halides is 3. The van der Waals surface area contributed by atoms with Crippen LogP contribution in [0.1, 0.15) is 5.69 Å². The minimum atomic E-state index is -4.86. The van der Waals surface area contributed by atoms with Crippen molar-refractivity contribution in [3.05, 3.63) is 50.8 Å². The van der Waals surface area contributed by atoms with Gasteiger partial charge in [-0.3, -0.25) is 19.1 Å². The number of amides is 1. The third-order valence-corrected chi connectivity index (χ3v) is 4.00. The number of carbonyl (C=O) groups excluding carboxylic acids is 1. The second-order valence-electron chi connectivity index (χ2n) is 5.67. The Morgan fingerprint density at radius 3 is 2.56 bits per heavy atom. The SMILES string of the molecule is C#CCN1C(=O)COc2ccc(-n3c(=O)cc(C(F)(F)F)n(C)c3=O)cc21. The highest BCUT2D eigenvalue weighted by Gasteiger charge is 2.35. The van der Waals surface area contributed by atoms with Crippen molar-refractivity contribution < 1.29 is 22.7 Å². The molecule has 0 atom stereocenters. The molecule has 10 heteroatoms. The third kappa shape index (κ3) is 3.08. The number of nitrogens with zero attached hydrogens (tertiary/aromatic N) is 3. The average molecular weight is 379 g/mol. The molecule has 7 nitrogen and oxygen atoms in total. The summed E-state index contributed by atoms with van der Waals surface area (Å²) in [6, 6.07) is 4.37. The van der Waals surface area contributed by atoms with E-state index in [1.807, 2.05) is 0 Å². The lowest BCUT2D eigenvalue weighted by molar-refractivity contribution is -0.144. The number of halogens is 3. The zero-order valence-corrected chi connectivity index (χ0v) is 13.9. The molecule has 0 bridgehead atoms. The Kier molecular flexibility index (Phi) is 4.31. The molecule has 1 aliphatic heterocycles. The highest BCUT2D eigenvalue weighted by molar-refractivity contribution is 5.98. The average Bonchev–Trinajstić information content (AvgIpc) is 2.60. The summed E-state index contributed by atoms with van der Waals surface area (Å²) in [7, 11) is 0.913. The van der Waals surface area contributed by atoms with Crippen molar-refractivity contribution in [1.82, 2.24) is 9.13 Å². The summed E-state index contributed by atoms with van der Waals surface area (Å²) in [5, 5.41) is 0. The molecule has 0 saturated heterocycles. The minimum Gasteiger partial charge on any atom is -0.482 e. The lowest BCUT2D eigenvalue weighted by Crippen LogP contribution is -2.41. The number of carbonyl (C=O) groups is 1. The molecule has 0 radical (unpaired) electrons. The van der Waals surface area contributed by atoms with Gasteiger partial charge in [0.2, 0.25) is 0 Å². The molecule has 1 aromatic heterocycles. The molecular weight excluding hydrogens is 367 g/mol. The number of anilines is 1. The second kappa shape index (κ2) is 6.35. The lowest BCUT2D eigenvalue weighted by Gasteiger charge is -2.28. The molecule has 0 spiro atoms. The smallest absolute Gasteiger partial charge is 0.431 e. The summed E-state index contributed by atoms with van der Waals surface area (Å²) in [4.78, 5) is 37.8. The van der Waals surface area contributed by atoms with Gasteiger partial charge in [-0.2, -0.15) is 13.2 Å². The first-order valence-corrected chi connectivity index (χ1v) is 7.56. The van der Waals surface area contributed by atoms with Crippen molar-refractivity contribution in [2.75, 3.05) is 18.1 Å². The molecule has 0 fully saturated rings. The highest BCUT2D eigenvalue weighted by atomic mass is 19.4. The van der Waals surface area contributed by atoms with E-state index in [0.29, 0.717) is 21.0 Å². The molecule has 3 rings (SSSR count). The highest BCUT2D eigenvalue weighted by Crippen LogP contribution is 2.33. The number of hydrogen-bond donors (Lipinski definition) is 0. The number of rotatable bonds is 2. The van der Waals surface area contributed by atoms with E-state index in [9.17, 15) is 27.6 Å². The van der Waals surface area contributed by atoms with E-state index in [1.165, 1.54) is 23.1 Å². The molecule has 0 aliphatic carbocycles. The van der Waals surface area contributed by atoms with Crippen molar-refractivity contribution in [3.8, 4) is 23.8 Å². The maximum absolute atomic E-state index is 13.0. The van der Waals surface area contributed by atoms with Gasteiger partial charge < -0.3 is 4.74 Å². The first-order valence-electron chi connectivity index (χ1n) is 7.56. The fourth-order valence-electron chi connectivity index (χ4n) is 2.73. The Labute approximate surface area is 150 Å². The van der Waals surface area contributed by atoms with Gasteiger partial charge in [0, 0.05) is 13.1 Å². The summed E-state index contributed by atoms with van der Waals surface area (Å²) in [5.41, 5.74) is -3.50. The van der Waals surface area contributed by atoms with Gasteiger partial charge in [-0.1, -0.05) is 5.92 Å². The topological polar surface area (TPSA) is 73.5 Å². The van der Waals surface area contributed by atoms with Crippen LogP contribution in [-0.2, 0) is 18.0 Å². The lowest BCUT2D eigenvalue weighted by atomic mass is 10.2. The van der Waals surface area contributed by atoms with Crippen LogP contribution in [0.15, 0.2) is 33.9 Å². The monoisotopic (exact) mass is 379 g/mol. The number of benzene rings is 1. The van der Waals surface area contributed by atoms with Crippen molar-refractivity contribution in [2.24, 2.45) is 7.05 Å². The molecule has 0 saturated carbocycles. The van der Waals surface area contributed by atoms with Gasteiger partial charge in [-0.15, -0.1) is 6.42 Å². The van der Waals surface area contributed by atoms with Crippen LogP contribution >= 0.6 is 0 Å². The Morgan fingerprint density at radius 2 is 1.93 bits per heavy atom. The molecule has 1 aliphatic rings. The molecular formula is C17H12F3N3O4. The van der Waals surface area contributed by atoms with Gasteiger partial charge in [0.15, 0.2) is 6.61 Å². The quantitative estimate of drug-likeness (QED) is 0.728. The van der Waals surface area contributed by atoms with E-state index in [4.69, 9.17) is 11.2 Å². The van der Waals surface area contributed by atoms with Crippen molar-refractivity contribution in [1.29, 1.82) is 0 Å². The maximum atomic E-state index is 13.0.